The number of anilines is 1. The van der Waals surface area contributed by atoms with Crippen LogP contribution < -0.4 is 10.1 Å². The average Bonchev–Trinajstić information content (AvgIpc) is 3.27. The number of para-hydroxylation sites is 2. The maximum atomic E-state index is 12.3. The summed E-state index contributed by atoms with van der Waals surface area (Å²) in [6.07, 6.45) is 6.82. The van der Waals surface area contributed by atoms with E-state index in [9.17, 15) is 4.79 Å². The largest absolute Gasteiger partial charge is 0.490 e. The van der Waals surface area contributed by atoms with Gasteiger partial charge in [-0.1, -0.05) is 12.1 Å². The van der Waals surface area contributed by atoms with Gasteiger partial charge >= 0.3 is 0 Å². The van der Waals surface area contributed by atoms with E-state index in [1.165, 1.54) is 12.8 Å². The molecular formula is C20H21N3O2. The van der Waals surface area contributed by atoms with Crippen molar-refractivity contribution in [2.75, 3.05) is 5.32 Å². The van der Waals surface area contributed by atoms with E-state index in [0.717, 1.165) is 35.3 Å². The molecule has 1 saturated carbocycles. The molecule has 5 heteroatoms. The number of nitrogens with one attached hydrogen (secondary N) is 1. The summed E-state index contributed by atoms with van der Waals surface area (Å²) in [5.41, 5.74) is 2.62. The molecule has 1 fully saturated rings. The van der Waals surface area contributed by atoms with E-state index in [1.807, 2.05) is 53.1 Å². The Labute approximate surface area is 146 Å². The zero-order chi connectivity index (χ0) is 17.1. The van der Waals surface area contributed by atoms with Crippen LogP contribution in [-0.4, -0.2) is 21.6 Å². The highest BCUT2D eigenvalue weighted by Crippen LogP contribution is 2.25. The molecule has 0 bridgehead atoms. The van der Waals surface area contributed by atoms with Crippen molar-refractivity contribution < 1.29 is 9.53 Å². The number of carbonyl (C=O) groups is 1. The summed E-state index contributed by atoms with van der Waals surface area (Å²) in [6.45, 7) is 0.237. The second-order valence-corrected chi connectivity index (χ2v) is 6.46. The molecule has 4 rings (SSSR count). The first-order chi connectivity index (χ1) is 12.3. The first-order valence-electron chi connectivity index (χ1n) is 8.74. The molecular weight excluding hydrogens is 314 g/mol. The van der Waals surface area contributed by atoms with Crippen LogP contribution in [0.5, 0.6) is 5.75 Å². The van der Waals surface area contributed by atoms with Gasteiger partial charge in [0, 0.05) is 5.69 Å². The predicted octanol–water partition coefficient (Wildman–Crippen LogP) is 4.00. The lowest BCUT2D eigenvalue weighted by atomic mass is 10.2. The van der Waals surface area contributed by atoms with Gasteiger partial charge in [-0.25, -0.2) is 4.98 Å². The van der Waals surface area contributed by atoms with Crippen molar-refractivity contribution in [3.8, 4) is 5.75 Å². The number of hydrogen-bond donors (Lipinski definition) is 1. The SMILES string of the molecule is O=C(Cn1cnc2ccccc21)Nc1ccc(OC2CCCC2)cc1. The second kappa shape index (κ2) is 6.97. The monoisotopic (exact) mass is 335 g/mol. The van der Waals surface area contributed by atoms with E-state index in [-0.39, 0.29) is 12.5 Å². The average molecular weight is 335 g/mol. The number of imidazole rings is 1. The standard InChI is InChI=1S/C20H21N3O2/c24-20(13-23-14-21-18-7-3-4-8-19(18)23)22-15-9-11-17(12-10-15)25-16-5-1-2-6-16/h3-4,7-12,14,16H,1-2,5-6,13H2,(H,22,24). The molecule has 0 unspecified atom stereocenters. The van der Waals surface area contributed by atoms with E-state index in [0.29, 0.717) is 6.10 Å². The summed E-state index contributed by atoms with van der Waals surface area (Å²) in [5.74, 6) is 0.790. The predicted molar refractivity (Wildman–Crippen MR) is 97.7 cm³/mol. The molecule has 25 heavy (non-hydrogen) atoms. The Kier molecular flexibility index (Phi) is 4.37. The van der Waals surface area contributed by atoms with Crippen LogP contribution in [-0.2, 0) is 11.3 Å². The number of aromatic nitrogens is 2. The molecule has 1 aliphatic rings. The third kappa shape index (κ3) is 3.65. The van der Waals surface area contributed by atoms with E-state index in [4.69, 9.17) is 4.74 Å². The van der Waals surface area contributed by atoms with Crippen molar-refractivity contribution in [3.05, 3.63) is 54.9 Å². The van der Waals surface area contributed by atoms with Gasteiger partial charge in [-0.15, -0.1) is 0 Å². The Morgan fingerprint density at radius 2 is 1.88 bits per heavy atom. The van der Waals surface area contributed by atoms with Crippen LogP contribution in [0.4, 0.5) is 5.69 Å². The lowest BCUT2D eigenvalue weighted by Gasteiger charge is -2.13. The fourth-order valence-corrected chi connectivity index (χ4v) is 3.31. The number of amides is 1. The van der Waals surface area contributed by atoms with Gasteiger partial charge in [0.25, 0.3) is 0 Å². The van der Waals surface area contributed by atoms with Crippen molar-refractivity contribution in [2.24, 2.45) is 0 Å². The van der Waals surface area contributed by atoms with E-state index < -0.39 is 0 Å². The molecule has 1 heterocycles. The van der Waals surface area contributed by atoms with Gasteiger partial charge in [-0.3, -0.25) is 4.79 Å². The fourth-order valence-electron chi connectivity index (χ4n) is 3.31. The van der Waals surface area contributed by atoms with Crippen molar-refractivity contribution in [2.45, 2.75) is 38.3 Å². The van der Waals surface area contributed by atoms with Crippen molar-refractivity contribution in [1.82, 2.24) is 9.55 Å². The Bertz CT molecular complexity index is 864. The Morgan fingerprint density at radius 3 is 2.68 bits per heavy atom. The lowest BCUT2D eigenvalue weighted by molar-refractivity contribution is -0.116. The van der Waals surface area contributed by atoms with E-state index in [1.54, 1.807) is 6.33 Å². The number of hydrogen-bond acceptors (Lipinski definition) is 3. The molecule has 1 N–H and O–H groups in total. The van der Waals surface area contributed by atoms with Crippen molar-refractivity contribution in [3.63, 3.8) is 0 Å². The van der Waals surface area contributed by atoms with Crippen molar-refractivity contribution in [1.29, 1.82) is 0 Å². The van der Waals surface area contributed by atoms with Crippen LogP contribution in [0.25, 0.3) is 11.0 Å². The smallest absolute Gasteiger partial charge is 0.244 e. The van der Waals surface area contributed by atoms with Gasteiger partial charge in [-0.05, 0) is 62.1 Å². The Morgan fingerprint density at radius 1 is 1.12 bits per heavy atom. The molecule has 0 aliphatic heterocycles. The molecule has 1 amide bonds. The van der Waals surface area contributed by atoms with Crippen molar-refractivity contribution >= 4 is 22.6 Å². The molecule has 0 spiro atoms. The first kappa shape index (κ1) is 15.7. The Hall–Kier alpha value is -2.82. The van der Waals surface area contributed by atoms with Gasteiger partial charge in [0.15, 0.2) is 0 Å². The molecule has 0 radical (unpaired) electrons. The topological polar surface area (TPSA) is 56.2 Å². The van der Waals surface area contributed by atoms with Crippen LogP contribution in [0.2, 0.25) is 0 Å². The maximum Gasteiger partial charge on any atom is 0.244 e. The fraction of sp³-hybridized carbons (Fsp3) is 0.300. The number of carbonyl (C=O) groups excluding carboxylic acids is 1. The van der Waals surface area contributed by atoms with Crippen LogP contribution in [0, 0.1) is 0 Å². The molecule has 1 aromatic heterocycles. The number of benzene rings is 2. The molecule has 2 aromatic carbocycles. The lowest BCUT2D eigenvalue weighted by Crippen LogP contribution is -2.18. The minimum atomic E-state index is -0.0763. The first-order valence-corrected chi connectivity index (χ1v) is 8.74. The highest BCUT2D eigenvalue weighted by Gasteiger charge is 2.16. The zero-order valence-corrected chi connectivity index (χ0v) is 14.0. The van der Waals surface area contributed by atoms with Gasteiger partial charge in [0.2, 0.25) is 5.91 Å². The minimum Gasteiger partial charge on any atom is -0.490 e. The van der Waals surface area contributed by atoms with Crippen LogP contribution in [0.15, 0.2) is 54.9 Å². The molecule has 3 aromatic rings. The third-order valence-electron chi connectivity index (χ3n) is 4.58. The number of ether oxygens (including phenoxy) is 1. The molecule has 5 nitrogen and oxygen atoms in total. The summed E-state index contributed by atoms with van der Waals surface area (Å²) in [7, 11) is 0. The van der Waals surface area contributed by atoms with Crippen LogP contribution >= 0.6 is 0 Å². The maximum absolute atomic E-state index is 12.3. The summed E-state index contributed by atoms with van der Waals surface area (Å²) in [6, 6.07) is 15.4. The summed E-state index contributed by atoms with van der Waals surface area (Å²) in [5, 5.41) is 2.92. The normalized spacial score (nSPS) is 14.7. The second-order valence-electron chi connectivity index (χ2n) is 6.46. The Balaban J connectivity index is 1.37. The highest BCUT2D eigenvalue weighted by molar-refractivity contribution is 5.91. The zero-order valence-electron chi connectivity index (χ0n) is 14.0. The third-order valence-corrected chi connectivity index (χ3v) is 4.58. The van der Waals surface area contributed by atoms with Gasteiger partial charge in [0.05, 0.1) is 23.5 Å². The quantitative estimate of drug-likeness (QED) is 0.767. The molecule has 1 aliphatic carbocycles. The number of nitrogens with zero attached hydrogens (tertiary/aromatic N) is 2. The molecule has 0 atom stereocenters. The summed E-state index contributed by atoms with van der Waals surface area (Å²) < 4.78 is 7.79. The summed E-state index contributed by atoms with van der Waals surface area (Å²) >= 11 is 0. The highest BCUT2D eigenvalue weighted by atomic mass is 16.5. The minimum absolute atomic E-state index is 0.0763. The molecule has 0 saturated heterocycles. The number of rotatable bonds is 5. The molecule has 128 valence electrons. The van der Waals surface area contributed by atoms with Gasteiger partial charge in [0.1, 0.15) is 12.3 Å². The number of fused-ring (bicyclic) bond motifs is 1. The van der Waals surface area contributed by atoms with Crippen LogP contribution in [0.3, 0.4) is 0 Å². The van der Waals surface area contributed by atoms with Gasteiger partial charge in [-0.2, -0.15) is 0 Å². The summed E-state index contributed by atoms with van der Waals surface area (Å²) in [4.78, 5) is 16.6. The van der Waals surface area contributed by atoms with E-state index >= 15 is 0 Å². The van der Waals surface area contributed by atoms with Crippen LogP contribution in [0.1, 0.15) is 25.7 Å². The van der Waals surface area contributed by atoms with Gasteiger partial charge < -0.3 is 14.6 Å². The van der Waals surface area contributed by atoms with E-state index in [2.05, 4.69) is 10.3 Å².